The summed E-state index contributed by atoms with van der Waals surface area (Å²) in [6.07, 6.45) is 0. The van der Waals surface area contributed by atoms with Gasteiger partial charge in [-0.3, -0.25) is 0 Å². The number of halogens is 3. The maximum Gasteiger partial charge on any atom is 0.341 e. The highest BCUT2D eigenvalue weighted by molar-refractivity contribution is 7.64. The van der Waals surface area contributed by atoms with E-state index in [-0.39, 0.29) is 0 Å². The first-order chi connectivity index (χ1) is 16.5. The van der Waals surface area contributed by atoms with E-state index in [2.05, 4.69) is 97.1 Å². The summed E-state index contributed by atoms with van der Waals surface area (Å²) < 4.78 is 0. The average Bonchev–Trinajstić information content (AvgIpc) is 3.35. The van der Waals surface area contributed by atoms with E-state index in [4.69, 9.17) is 33.2 Å². The minimum atomic E-state index is -2.64. The Labute approximate surface area is 218 Å². The van der Waals surface area contributed by atoms with Gasteiger partial charge in [-0.05, 0) is 56.1 Å². The molecule has 0 heterocycles. The third-order valence-electron chi connectivity index (χ3n) is 7.62. The Balaban J connectivity index is 1.52. The van der Waals surface area contributed by atoms with Gasteiger partial charge in [-0.2, -0.15) is 0 Å². The highest BCUT2D eigenvalue weighted by atomic mass is 35.8. The van der Waals surface area contributed by atoms with E-state index >= 15 is 0 Å². The number of hydrogen-bond acceptors (Lipinski definition) is 0. The van der Waals surface area contributed by atoms with E-state index in [1.165, 1.54) is 44.5 Å². The predicted octanol–water partition coefficient (Wildman–Crippen LogP) is 8.64. The maximum absolute atomic E-state index is 6.35. The first-order valence-electron chi connectivity index (χ1n) is 12.0. The molecular formula is C29H25Cl3Si2. The fourth-order valence-corrected chi connectivity index (χ4v) is 14.6. The lowest BCUT2D eigenvalue weighted by Gasteiger charge is -2.32. The summed E-state index contributed by atoms with van der Waals surface area (Å²) in [5, 5.41) is 0. The van der Waals surface area contributed by atoms with Crippen molar-refractivity contribution in [3.05, 3.63) is 119 Å². The molecule has 0 aliphatic heterocycles. The van der Waals surface area contributed by atoms with Gasteiger partial charge >= 0.3 is 6.00 Å². The minimum absolute atomic E-state index is 0.375. The molecule has 5 heteroatoms. The van der Waals surface area contributed by atoms with Crippen molar-refractivity contribution < 1.29 is 0 Å². The zero-order valence-electron chi connectivity index (χ0n) is 18.7. The molecule has 0 radical (unpaired) electrons. The molecule has 4 aromatic rings. The molecule has 0 N–H and O–H groups in total. The standard InChI is InChI=1S/C29H25Cl3Si2/c30-34(31,32)18-17-33-29(27-23-13-5-1-9-19(23)20-10-2-6-14-24(20)27)28-25-15-7-3-11-21(25)22-12-4-8-16-26(22)28/h1-16,27-29H,17-18,33H2. The first kappa shape index (κ1) is 22.6. The van der Waals surface area contributed by atoms with Crippen LogP contribution in [0.4, 0.5) is 0 Å². The third-order valence-corrected chi connectivity index (χ3v) is 13.3. The molecule has 34 heavy (non-hydrogen) atoms. The minimum Gasteiger partial charge on any atom is -0.126 e. The van der Waals surface area contributed by atoms with Crippen LogP contribution in [0.5, 0.6) is 0 Å². The van der Waals surface area contributed by atoms with Gasteiger partial charge in [-0.15, -0.1) is 33.2 Å². The summed E-state index contributed by atoms with van der Waals surface area (Å²) >= 11 is 19.1. The summed E-state index contributed by atoms with van der Waals surface area (Å²) in [6.45, 7) is 0. The van der Waals surface area contributed by atoms with Crippen LogP contribution in [-0.4, -0.2) is 15.5 Å². The number of fused-ring (bicyclic) bond motifs is 6. The van der Waals surface area contributed by atoms with Crippen LogP contribution in [0.3, 0.4) is 0 Å². The molecule has 170 valence electrons. The fourth-order valence-electron chi connectivity index (χ4n) is 6.38. The number of benzene rings is 4. The molecule has 0 amide bonds. The summed E-state index contributed by atoms with van der Waals surface area (Å²) in [6, 6.07) is 35.2. The second kappa shape index (κ2) is 9.00. The molecular weight excluding hydrogens is 511 g/mol. The van der Waals surface area contributed by atoms with Crippen LogP contribution in [0.25, 0.3) is 22.3 Å². The van der Waals surface area contributed by atoms with Crippen LogP contribution in [0.2, 0.25) is 17.6 Å². The molecule has 0 bridgehead atoms. The molecule has 0 nitrogen and oxygen atoms in total. The smallest absolute Gasteiger partial charge is 0.126 e. The zero-order chi connectivity index (χ0) is 23.3. The van der Waals surface area contributed by atoms with Crippen molar-refractivity contribution in [1.82, 2.24) is 0 Å². The second-order valence-corrected chi connectivity index (χ2v) is 21.0. The van der Waals surface area contributed by atoms with E-state index in [0.717, 1.165) is 12.1 Å². The highest BCUT2D eigenvalue weighted by Gasteiger charge is 2.42. The van der Waals surface area contributed by atoms with Crippen molar-refractivity contribution in [2.24, 2.45) is 0 Å². The Morgan fingerprint density at radius 1 is 0.559 bits per heavy atom. The molecule has 0 fully saturated rings. The van der Waals surface area contributed by atoms with Crippen molar-refractivity contribution in [3.8, 4) is 22.3 Å². The summed E-state index contributed by atoms with van der Waals surface area (Å²) in [7, 11) is -0.590. The molecule has 0 saturated carbocycles. The van der Waals surface area contributed by atoms with E-state index in [9.17, 15) is 0 Å². The monoisotopic (exact) mass is 534 g/mol. The van der Waals surface area contributed by atoms with Crippen LogP contribution in [0.15, 0.2) is 97.1 Å². The normalized spacial score (nSPS) is 15.1. The Kier molecular flexibility index (Phi) is 5.99. The second-order valence-electron chi connectivity index (χ2n) is 9.48. The van der Waals surface area contributed by atoms with Gasteiger partial charge in [-0.25, -0.2) is 0 Å². The van der Waals surface area contributed by atoms with E-state index in [0.29, 0.717) is 17.4 Å². The van der Waals surface area contributed by atoms with Crippen LogP contribution in [0.1, 0.15) is 34.1 Å². The summed E-state index contributed by atoms with van der Waals surface area (Å²) in [4.78, 5) is 0. The Morgan fingerprint density at radius 3 is 1.21 bits per heavy atom. The van der Waals surface area contributed by atoms with Gasteiger partial charge in [0.25, 0.3) is 0 Å². The van der Waals surface area contributed by atoms with Gasteiger partial charge in [0.15, 0.2) is 0 Å². The Morgan fingerprint density at radius 2 is 0.882 bits per heavy atom. The lowest BCUT2D eigenvalue weighted by molar-refractivity contribution is 0.653. The van der Waals surface area contributed by atoms with Gasteiger partial charge in [0.2, 0.25) is 0 Å². The van der Waals surface area contributed by atoms with Crippen molar-refractivity contribution in [3.63, 3.8) is 0 Å². The van der Waals surface area contributed by atoms with Crippen LogP contribution in [0, 0.1) is 0 Å². The Hall–Kier alpha value is -1.82. The van der Waals surface area contributed by atoms with Crippen LogP contribution in [-0.2, 0) is 0 Å². The maximum atomic E-state index is 6.35. The number of rotatable bonds is 6. The van der Waals surface area contributed by atoms with Crippen molar-refractivity contribution in [2.45, 2.75) is 29.5 Å². The highest BCUT2D eigenvalue weighted by Crippen LogP contribution is 2.59. The Bertz CT molecular complexity index is 1180. The molecule has 0 spiro atoms. The topological polar surface area (TPSA) is 0 Å². The number of hydrogen-bond donors (Lipinski definition) is 0. The zero-order valence-corrected chi connectivity index (χ0v) is 23.4. The van der Waals surface area contributed by atoms with Crippen molar-refractivity contribution in [2.75, 3.05) is 0 Å². The van der Waals surface area contributed by atoms with E-state index < -0.39 is 15.5 Å². The van der Waals surface area contributed by atoms with Crippen molar-refractivity contribution in [1.29, 1.82) is 0 Å². The molecule has 2 aliphatic carbocycles. The SMILES string of the molecule is Cl[Si](Cl)(Cl)CC[SiH2]C(C1c2ccccc2-c2ccccc21)C1c2ccccc2-c2ccccc21. The fraction of sp³-hybridized carbons (Fsp3) is 0.172. The van der Waals surface area contributed by atoms with Gasteiger partial charge in [0.1, 0.15) is 0 Å². The largest absolute Gasteiger partial charge is 0.341 e. The molecule has 0 aromatic heterocycles. The predicted molar refractivity (Wildman–Crippen MR) is 153 cm³/mol. The van der Waals surface area contributed by atoms with Gasteiger partial charge in [0.05, 0.1) is 0 Å². The lowest BCUT2D eigenvalue weighted by atomic mass is 9.82. The molecule has 0 atom stereocenters. The quantitative estimate of drug-likeness (QED) is 0.171. The van der Waals surface area contributed by atoms with Gasteiger partial charge in [0, 0.05) is 21.4 Å². The van der Waals surface area contributed by atoms with E-state index in [1.54, 1.807) is 0 Å². The van der Waals surface area contributed by atoms with Crippen molar-refractivity contribution >= 4 is 48.8 Å². The third kappa shape index (κ3) is 3.90. The average molecular weight is 536 g/mol. The van der Waals surface area contributed by atoms with Gasteiger partial charge in [-0.1, -0.05) is 103 Å². The van der Waals surface area contributed by atoms with Gasteiger partial charge < -0.3 is 0 Å². The lowest BCUT2D eigenvalue weighted by Crippen LogP contribution is -2.22. The molecule has 0 saturated heterocycles. The van der Waals surface area contributed by atoms with Crippen LogP contribution >= 0.6 is 33.2 Å². The molecule has 2 aliphatic rings. The summed E-state index contributed by atoms with van der Waals surface area (Å²) in [5.41, 5.74) is 11.9. The molecule has 4 aromatic carbocycles. The van der Waals surface area contributed by atoms with Crippen LogP contribution < -0.4 is 0 Å². The van der Waals surface area contributed by atoms with E-state index in [1.807, 2.05) is 0 Å². The summed E-state index contributed by atoms with van der Waals surface area (Å²) in [5.74, 6) is 0.751. The molecule has 0 unspecified atom stereocenters. The molecule has 6 rings (SSSR count). The first-order valence-corrected chi connectivity index (χ1v) is 19.0.